The quantitative estimate of drug-likeness (QED) is 0.419. The molecule has 0 saturated carbocycles. The monoisotopic (exact) mass is 412 g/mol. The molecule has 0 atom stereocenters. The van der Waals surface area contributed by atoms with E-state index in [2.05, 4.69) is 59.2 Å². The first-order valence-electron chi connectivity index (χ1n) is 9.67. The Labute approximate surface area is 177 Å². The number of benzene rings is 3. The summed E-state index contributed by atoms with van der Waals surface area (Å²) in [6.45, 7) is 3.66. The van der Waals surface area contributed by atoms with Crippen molar-refractivity contribution in [2.45, 2.75) is 25.9 Å². The number of rotatable bonds is 10. The highest BCUT2D eigenvalue weighted by molar-refractivity contribution is 6.30. The average molecular weight is 413 g/mol. The third-order valence-corrected chi connectivity index (χ3v) is 5.16. The van der Waals surface area contributed by atoms with Crippen molar-refractivity contribution >= 4 is 23.2 Å². The van der Waals surface area contributed by atoms with E-state index in [-0.39, 0.29) is 0 Å². The lowest BCUT2D eigenvalue weighted by atomic mass is 10.1. The topological polar surface area (TPSA) is 24.1 Å². The van der Waals surface area contributed by atoms with Gasteiger partial charge < -0.3 is 10.6 Å². The fourth-order valence-electron chi connectivity index (χ4n) is 3.08. The summed E-state index contributed by atoms with van der Waals surface area (Å²) in [5, 5.41) is 8.62. The van der Waals surface area contributed by atoms with E-state index in [0.717, 1.165) is 49.1 Å². The van der Waals surface area contributed by atoms with Gasteiger partial charge in [-0.2, -0.15) is 0 Å². The highest BCUT2D eigenvalue weighted by atomic mass is 35.5. The Bertz CT molecular complexity index is 776. The molecule has 3 rings (SSSR count). The second-order valence-corrected chi connectivity index (χ2v) is 7.80. The standard InChI is InChI=1S/C24H26Cl2N2/c25-23-8-4-19(5-9-23)12-14-27-17-21-2-1-3-22(16-21)18-28-15-13-20-6-10-24(26)11-7-20/h1-11,16,27-28H,12-15,17-18H2. The lowest BCUT2D eigenvalue weighted by molar-refractivity contribution is 0.676. The summed E-state index contributed by atoms with van der Waals surface area (Å²) in [7, 11) is 0. The lowest BCUT2D eigenvalue weighted by Gasteiger charge is -2.09. The molecule has 0 aliphatic carbocycles. The van der Waals surface area contributed by atoms with E-state index in [1.165, 1.54) is 22.3 Å². The first-order chi connectivity index (χ1) is 13.7. The van der Waals surface area contributed by atoms with Crippen molar-refractivity contribution in [3.05, 3.63) is 105 Å². The van der Waals surface area contributed by atoms with Crippen molar-refractivity contribution in [1.29, 1.82) is 0 Å². The van der Waals surface area contributed by atoms with Gasteiger partial charge in [0.15, 0.2) is 0 Å². The molecule has 0 aliphatic rings. The zero-order chi connectivity index (χ0) is 19.6. The van der Waals surface area contributed by atoms with Gasteiger partial charge in [0, 0.05) is 23.1 Å². The van der Waals surface area contributed by atoms with Crippen LogP contribution in [0, 0.1) is 0 Å². The zero-order valence-corrected chi connectivity index (χ0v) is 17.4. The Morgan fingerprint density at radius 1 is 0.536 bits per heavy atom. The summed E-state index contributed by atoms with van der Waals surface area (Å²) in [5.41, 5.74) is 5.23. The molecule has 0 fully saturated rings. The molecule has 0 spiro atoms. The summed E-state index contributed by atoms with van der Waals surface area (Å²) in [4.78, 5) is 0. The predicted octanol–water partition coefficient (Wildman–Crippen LogP) is 5.66. The van der Waals surface area contributed by atoms with E-state index in [4.69, 9.17) is 23.2 Å². The van der Waals surface area contributed by atoms with Crippen LogP contribution in [-0.2, 0) is 25.9 Å². The molecule has 0 saturated heterocycles. The second kappa shape index (κ2) is 11.2. The third-order valence-electron chi connectivity index (χ3n) is 4.66. The van der Waals surface area contributed by atoms with Gasteiger partial charge in [0.1, 0.15) is 0 Å². The van der Waals surface area contributed by atoms with E-state index in [1.54, 1.807) is 0 Å². The summed E-state index contributed by atoms with van der Waals surface area (Å²) >= 11 is 11.8. The van der Waals surface area contributed by atoms with Crippen molar-refractivity contribution < 1.29 is 0 Å². The van der Waals surface area contributed by atoms with Crippen LogP contribution < -0.4 is 10.6 Å². The maximum Gasteiger partial charge on any atom is 0.0406 e. The van der Waals surface area contributed by atoms with Crippen molar-refractivity contribution in [2.75, 3.05) is 13.1 Å². The molecule has 28 heavy (non-hydrogen) atoms. The van der Waals surface area contributed by atoms with Gasteiger partial charge in [-0.05, 0) is 72.5 Å². The molecule has 2 nitrogen and oxygen atoms in total. The Morgan fingerprint density at radius 3 is 1.39 bits per heavy atom. The second-order valence-electron chi connectivity index (χ2n) is 6.93. The maximum absolute atomic E-state index is 5.92. The van der Waals surface area contributed by atoms with E-state index in [9.17, 15) is 0 Å². The molecule has 0 bridgehead atoms. The van der Waals surface area contributed by atoms with Crippen LogP contribution in [0.15, 0.2) is 72.8 Å². The predicted molar refractivity (Wildman–Crippen MR) is 120 cm³/mol. The minimum absolute atomic E-state index is 0.787. The van der Waals surface area contributed by atoms with Crippen molar-refractivity contribution in [3.63, 3.8) is 0 Å². The molecule has 0 unspecified atom stereocenters. The fraction of sp³-hybridized carbons (Fsp3) is 0.250. The van der Waals surface area contributed by atoms with Crippen LogP contribution in [0.2, 0.25) is 10.0 Å². The zero-order valence-electron chi connectivity index (χ0n) is 15.9. The third kappa shape index (κ3) is 7.29. The van der Waals surface area contributed by atoms with Crippen LogP contribution >= 0.6 is 23.2 Å². The van der Waals surface area contributed by atoms with Crippen LogP contribution in [0.1, 0.15) is 22.3 Å². The van der Waals surface area contributed by atoms with Crippen molar-refractivity contribution in [2.24, 2.45) is 0 Å². The number of nitrogens with one attached hydrogen (secondary N) is 2. The van der Waals surface area contributed by atoms with Crippen molar-refractivity contribution in [3.8, 4) is 0 Å². The Balaban J connectivity index is 1.36. The van der Waals surface area contributed by atoms with Gasteiger partial charge >= 0.3 is 0 Å². The molecule has 0 radical (unpaired) electrons. The molecule has 3 aromatic rings. The highest BCUT2D eigenvalue weighted by Crippen LogP contribution is 2.11. The lowest BCUT2D eigenvalue weighted by Crippen LogP contribution is -2.18. The largest absolute Gasteiger partial charge is 0.312 e. The molecule has 146 valence electrons. The van der Waals surface area contributed by atoms with Gasteiger partial charge in [0.05, 0.1) is 0 Å². The van der Waals surface area contributed by atoms with Gasteiger partial charge in [0.2, 0.25) is 0 Å². The summed E-state index contributed by atoms with van der Waals surface area (Å²) in [6.07, 6.45) is 2.01. The first-order valence-corrected chi connectivity index (χ1v) is 10.4. The average Bonchev–Trinajstić information content (AvgIpc) is 2.72. The van der Waals surface area contributed by atoms with Gasteiger partial charge in [0.25, 0.3) is 0 Å². The Kier molecular flexibility index (Phi) is 8.38. The van der Waals surface area contributed by atoms with Gasteiger partial charge in [-0.3, -0.25) is 0 Å². The van der Waals surface area contributed by atoms with Crippen molar-refractivity contribution in [1.82, 2.24) is 10.6 Å². The molecule has 4 heteroatoms. The smallest absolute Gasteiger partial charge is 0.0406 e. The SMILES string of the molecule is Clc1ccc(CCNCc2cccc(CNCCc3ccc(Cl)cc3)c2)cc1. The van der Waals surface area contributed by atoms with Crippen LogP contribution in [0.25, 0.3) is 0 Å². The van der Waals surface area contributed by atoms with Gasteiger partial charge in [-0.25, -0.2) is 0 Å². The Morgan fingerprint density at radius 2 is 0.964 bits per heavy atom. The first kappa shape index (κ1) is 20.9. The molecular formula is C24H26Cl2N2. The number of hydrogen-bond donors (Lipinski definition) is 2. The molecule has 0 aromatic heterocycles. The van der Waals surface area contributed by atoms with Crippen LogP contribution in [0.4, 0.5) is 0 Å². The summed E-state index contributed by atoms with van der Waals surface area (Å²) in [6, 6.07) is 24.9. The fourth-order valence-corrected chi connectivity index (χ4v) is 3.33. The molecule has 0 heterocycles. The van der Waals surface area contributed by atoms with E-state index < -0.39 is 0 Å². The van der Waals surface area contributed by atoms with E-state index in [0.29, 0.717) is 0 Å². The summed E-state index contributed by atoms with van der Waals surface area (Å²) in [5.74, 6) is 0. The van der Waals surface area contributed by atoms with E-state index >= 15 is 0 Å². The number of hydrogen-bond acceptors (Lipinski definition) is 2. The maximum atomic E-state index is 5.92. The van der Waals surface area contributed by atoms with Crippen LogP contribution in [0.3, 0.4) is 0 Å². The van der Waals surface area contributed by atoms with Crippen LogP contribution in [0.5, 0.6) is 0 Å². The minimum atomic E-state index is 0.787. The molecule has 3 aromatic carbocycles. The molecular weight excluding hydrogens is 387 g/mol. The number of halogens is 2. The highest BCUT2D eigenvalue weighted by Gasteiger charge is 1.99. The van der Waals surface area contributed by atoms with Crippen LogP contribution in [-0.4, -0.2) is 13.1 Å². The van der Waals surface area contributed by atoms with E-state index in [1.807, 2.05) is 24.3 Å². The normalized spacial score (nSPS) is 10.9. The van der Waals surface area contributed by atoms with Gasteiger partial charge in [-0.1, -0.05) is 71.7 Å². The minimum Gasteiger partial charge on any atom is -0.312 e. The Hall–Kier alpha value is -1.84. The molecule has 2 N–H and O–H groups in total. The summed E-state index contributed by atoms with van der Waals surface area (Å²) < 4.78 is 0. The molecule has 0 amide bonds. The van der Waals surface area contributed by atoms with Gasteiger partial charge in [-0.15, -0.1) is 0 Å². The molecule has 0 aliphatic heterocycles.